The van der Waals surface area contributed by atoms with Gasteiger partial charge < -0.3 is 14.2 Å². The maximum atomic E-state index is 13.3. The van der Waals surface area contributed by atoms with E-state index in [1.54, 1.807) is 42.5 Å². The van der Waals surface area contributed by atoms with Crippen LogP contribution in [0.3, 0.4) is 0 Å². The molecule has 10 heteroatoms. The van der Waals surface area contributed by atoms with Gasteiger partial charge in [0.2, 0.25) is 0 Å². The molecule has 7 nitrogen and oxygen atoms in total. The second-order valence-corrected chi connectivity index (χ2v) is 9.14. The number of benzene rings is 3. The number of rotatable bonds is 8. The number of fused-ring (bicyclic) bond motifs is 1. The second kappa shape index (κ2) is 11.0. The van der Waals surface area contributed by atoms with E-state index >= 15 is 0 Å². The molecule has 1 heterocycles. The Bertz CT molecular complexity index is 1340. The first-order valence-electron chi connectivity index (χ1n) is 11.7. The highest BCUT2D eigenvalue weighted by Gasteiger charge is 2.33. The molecule has 0 spiro atoms. The van der Waals surface area contributed by atoms with Crippen LogP contribution in [0.5, 0.6) is 11.5 Å². The van der Waals surface area contributed by atoms with Gasteiger partial charge in [-0.05, 0) is 43.7 Å². The van der Waals surface area contributed by atoms with Gasteiger partial charge in [-0.2, -0.15) is 23.3 Å². The van der Waals surface area contributed by atoms with Crippen molar-refractivity contribution in [2.75, 3.05) is 18.2 Å². The van der Waals surface area contributed by atoms with Crippen LogP contribution < -0.4 is 14.5 Å². The van der Waals surface area contributed by atoms with Gasteiger partial charge in [-0.25, -0.2) is 4.79 Å². The predicted octanol–water partition coefficient (Wildman–Crippen LogP) is 5.41. The summed E-state index contributed by atoms with van der Waals surface area (Å²) in [7, 11) is 0. The maximum absolute atomic E-state index is 13.3. The smallest absolute Gasteiger partial charge is 0.416 e. The molecule has 0 saturated heterocycles. The van der Waals surface area contributed by atoms with Crippen molar-refractivity contribution in [1.29, 1.82) is 0 Å². The molecule has 0 N–H and O–H groups in total. The van der Waals surface area contributed by atoms with Gasteiger partial charge in [0.15, 0.2) is 24.7 Å². The van der Waals surface area contributed by atoms with Crippen molar-refractivity contribution < 1.29 is 37.0 Å². The fourth-order valence-corrected chi connectivity index (χ4v) is 3.84. The van der Waals surface area contributed by atoms with E-state index in [-0.39, 0.29) is 5.69 Å². The third kappa shape index (κ3) is 6.70. The van der Waals surface area contributed by atoms with Gasteiger partial charge >= 0.3 is 12.1 Å². The van der Waals surface area contributed by atoms with Crippen LogP contribution in [0.15, 0.2) is 77.9 Å². The quantitative estimate of drug-likeness (QED) is 0.223. The first-order valence-corrected chi connectivity index (χ1v) is 11.7. The Morgan fingerprint density at radius 1 is 1.03 bits per heavy atom. The number of halogens is 3. The summed E-state index contributed by atoms with van der Waals surface area (Å²) in [5, 5.41) is 4.82. The monoisotopic (exact) mass is 526 g/mol. The number of carbonyl (C=O) groups excluding carboxylic acids is 2. The van der Waals surface area contributed by atoms with Gasteiger partial charge in [0.05, 0.1) is 17.5 Å². The average Bonchev–Trinajstić information content (AvgIpc) is 3.21. The third-order valence-corrected chi connectivity index (χ3v) is 5.53. The molecule has 3 aromatic carbocycles. The molecule has 0 radical (unpaired) electrons. The minimum Gasteiger partial charge on any atom is -0.483 e. The Balaban J connectivity index is 1.43. The van der Waals surface area contributed by atoms with Gasteiger partial charge in [0.1, 0.15) is 5.60 Å². The first kappa shape index (κ1) is 26.7. The van der Waals surface area contributed by atoms with Crippen LogP contribution in [0.2, 0.25) is 0 Å². The molecule has 0 atom stereocenters. The van der Waals surface area contributed by atoms with Gasteiger partial charge in [-0.1, -0.05) is 48.5 Å². The number of hydrogen-bond acceptors (Lipinski definition) is 6. The average molecular weight is 527 g/mol. The van der Waals surface area contributed by atoms with Gasteiger partial charge in [-0.3, -0.25) is 4.79 Å². The normalized spacial score (nSPS) is 14.0. The minimum absolute atomic E-state index is 0.135. The highest BCUT2D eigenvalue weighted by atomic mass is 19.4. The standard InChI is InChI=1S/C28H25F3N2O5/c1-27(2)15-20-10-6-13-23(26(20)38-27)36-18-25(35)37-17-24(34)33(32-16-19-8-4-3-5-9-19)22-12-7-11-21(14-22)28(29,30)31/h3-14,16H,15,17-18H2,1-2H3/b32-16+. The zero-order valence-corrected chi connectivity index (χ0v) is 20.7. The van der Waals surface area contributed by atoms with Crippen molar-refractivity contribution in [2.45, 2.75) is 32.0 Å². The molecule has 0 fully saturated rings. The summed E-state index contributed by atoms with van der Waals surface area (Å²) in [5.74, 6) is -0.776. The number of esters is 1. The Morgan fingerprint density at radius 3 is 2.50 bits per heavy atom. The van der Waals surface area contributed by atoms with Crippen molar-refractivity contribution in [3.05, 3.63) is 89.5 Å². The van der Waals surface area contributed by atoms with Crippen molar-refractivity contribution in [3.63, 3.8) is 0 Å². The van der Waals surface area contributed by atoms with E-state index in [1.807, 2.05) is 19.9 Å². The number of anilines is 1. The van der Waals surface area contributed by atoms with E-state index in [2.05, 4.69) is 5.10 Å². The minimum atomic E-state index is -4.62. The lowest BCUT2D eigenvalue weighted by atomic mass is 10.0. The Labute approximate surface area is 217 Å². The zero-order valence-electron chi connectivity index (χ0n) is 20.7. The molecule has 0 unspecified atom stereocenters. The van der Waals surface area contributed by atoms with Crippen molar-refractivity contribution in [1.82, 2.24) is 0 Å². The first-order chi connectivity index (χ1) is 18.0. The lowest BCUT2D eigenvalue weighted by Gasteiger charge is -2.19. The molecule has 0 bridgehead atoms. The zero-order chi connectivity index (χ0) is 27.3. The molecule has 0 aliphatic carbocycles. The summed E-state index contributed by atoms with van der Waals surface area (Å²) in [4.78, 5) is 25.2. The summed E-state index contributed by atoms with van der Waals surface area (Å²) in [6, 6.07) is 18.2. The SMILES string of the molecule is CC1(C)Cc2cccc(OCC(=O)OCC(=O)N(/N=C/c3ccccc3)c3cccc(C(F)(F)F)c3)c2O1. The maximum Gasteiger partial charge on any atom is 0.416 e. The third-order valence-electron chi connectivity index (χ3n) is 5.53. The van der Waals surface area contributed by atoms with E-state index in [1.165, 1.54) is 12.3 Å². The summed E-state index contributed by atoms with van der Waals surface area (Å²) in [5.41, 5.74) is 0.0762. The molecule has 4 rings (SSSR count). The molecular formula is C28H25F3N2O5. The molecule has 0 aromatic heterocycles. The number of amides is 1. The number of hydrogen-bond donors (Lipinski definition) is 0. The van der Waals surface area contributed by atoms with Crippen molar-refractivity contribution >= 4 is 23.8 Å². The lowest BCUT2D eigenvalue weighted by molar-refractivity contribution is -0.149. The molecule has 198 valence electrons. The highest BCUT2D eigenvalue weighted by Crippen LogP contribution is 2.41. The van der Waals surface area contributed by atoms with E-state index in [9.17, 15) is 22.8 Å². The topological polar surface area (TPSA) is 77.4 Å². The highest BCUT2D eigenvalue weighted by molar-refractivity contribution is 5.96. The molecule has 1 aliphatic heterocycles. The molecule has 3 aromatic rings. The van der Waals surface area contributed by atoms with Crippen LogP contribution in [0.25, 0.3) is 0 Å². The number of nitrogens with zero attached hydrogens (tertiary/aromatic N) is 2. The second-order valence-electron chi connectivity index (χ2n) is 9.14. The summed E-state index contributed by atoms with van der Waals surface area (Å²) in [6.07, 6.45) is -2.61. The summed E-state index contributed by atoms with van der Waals surface area (Å²) in [6.45, 7) is 2.62. The Morgan fingerprint density at radius 2 is 1.76 bits per heavy atom. The molecule has 0 saturated carbocycles. The number of ether oxygens (including phenoxy) is 3. The van der Waals surface area contributed by atoms with Crippen molar-refractivity contribution in [3.8, 4) is 11.5 Å². The fraction of sp³-hybridized carbons (Fsp3) is 0.250. The summed E-state index contributed by atoms with van der Waals surface area (Å²) < 4.78 is 56.3. The van der Waals surface area contributed by atoms with E-state index in [0.29, 0.717) is 23.5 Å². The van der Waals surface area contributed by atoms with Crippen LogP contribution in [-0.4, -0.2) is 36.9 Å². The molecule has 1 amide bonds. The predicted molar refractivity (Wildman–Crippen MR) is 134 cm³/mol. The van der Waals surface area contributed by atoms with Crippen LogP contribution in [0.1, 0.15) is 30.5 Å². The van der Waals surface area contributed by atoms with Gasteiger partial charge in [0, 0.05) is 12.0 Å². The number of para-hydroxylation sites is 1. The van der Waals surface area contributed by atoms with Crippen LogP contribution >= 0.6 is 0 Å². The van der Waals surface area contributed by atoms with Gasteiger partial charge in [0.25, 0.3) is 5.91 Å². The van der Waals surface area contributed by atoms with Crippen LogP contribution in [0.4, 0.5) is 18.9 Å². The van der Waals surface area contributed by atoms with Crippen LogP contribution in [-0.2, 0) is 26.9 Å². The number of carbonyl (C=O) groups is 2. The van der Waals surface area contributed by atoms with E-state index < -0.39 is 42.4 Å². The fourth-order valence-electron chi connectivity index (χ4n) is 3.84. The van der Waals surface area contributed by atoms with Crippen LogP contribution in [0, 0.1) is 0 Å². The summed E-state index contributed by atoms with van der Waals surface area (Å²) >= 11 is 0. The number of hydrazone groups is 1. The van der Waals surface area contributed by atoms with E-state index in [4.69, 9.17) is 14.2 Å². The van der Waals surface area contributed by atoms with Gasteiger partial charge in [-0.15, -0.1) is 0 Å². The van der Waals surface area contributed by atoms with Crippen molar-refractivity contribution in [2.24, 2.45) is 5.10 Å². The number of alkyl halides is 3. The Hall–Kier alpha value is -4.34. The lowest BCUT2D eigenvalue weighted by Crippen LogP contribution is -2.31. The molecular weight excluding hydrogens is 501 g/mol. The molecule has 38 heavy (non-hydrogen) atoms. The largest absolute Gasteiger partial charge is 0.483 e. The van der Waals surface area contributed by atoms with E-state index in [0.717, 1.165) is 28.8 Å². The molecule has 1 aliphatic rings. The Kier molecular flexibility index (Phi) is 7.70.